The molecule has 3 heterocycles. The molecule has 31 heavy (non-hydrogen) atoms. The number of hydroxylamine groups is 1. The molecule has 0 bridgehead atoms. The molecule has 3 aliphatic rings. The zero-order chi connectivity index (χ0) is 21.4. The molecule has 2 saturated heterocycles. The highest BCUT2D eigenvalue weighted by Gasteiger charge is 2.52. The van der Waals surface area contributed by atoms with Crippen LogP contribution in [-0.2, 0) is 9.59 Å². The second kappa shape index (κ2) is 8.33. The molecule has 1 saturated carbocycles. The van der Waals surface area contributed by atoms with Crippen LogP contribution in [0.2, 0.25) is 0 Å². The zero-order valence-electron chi connectivity index (χ0n) is 17.4. The Balaban J connectivity index is 1.21. The van der Waals surface area contributed by atoms with Crippen LogP contribution >= 0.6 is 11.3 Å². The van der Waals surface area contributed by atoms with Crippen LogP contribution in [0.3, 0.4) is 0 Å². The molecule has 1 aliphatic carbocycles. The Kier molecular flexibility index (Phi) is 5.54. The van der Waals surface area contributed by atoms with E-state index in [0.29, 0.717) is 25.4 Å². The smallest absolute Gasteiger partial charge is 0.248 e. The second-order valence-corrected chi connectivity index (χ2v) is 10.1. The SMILES string of the molecule is O=C(NO)C1CC2(CC2)CNC1C(=O)N1CCC(c2nc(-c3ccccc3)cs2)CC1. The fraction of sp³-hybridized carbons (Fsp3) is 0.522. The number of rotatable bonds is 4. The Morgan fingerprint density at radius 2 is 1.94 bits per heavy atom. The van der Waals surface area contributed by atoms with Crippen LogP contribution in [0.4, 0.5) is 0 Å². The summed E-state index contributed by atoms with van der Waals surface area (Å²) in [4.78, 5) is 32.2. The van der Waals surface area contributed by atoms with Gasteiger partial charge in [0.2, 0.25) is 11.8 Å². The molecule has 164 valence electrons. The van der Waals surface area contributed by atoms with Gasteiger partial charge in [-0.25, -0.2) is 10.5 Å². The number of likely N-dealkylation sites (tertiary alicyclic amines) is 1. The number of carbonyl (C=O) groups excluding carboxylic acids is 2. The third kappa shape index (κ3) is 4.12. The van der Waals surface area contributed by atoms with Gasteiger partial charge in [-0.15, -0.1) is 11.3 Å². The van der Waals surface area contributed by atoms with E-state index in [1.807, 2.05) is 23.1 Å². The van der Waals surface area contributed by atoms with Crippen LogP contribution in [0.25, 0.3) is 11.3 Å². The third-order valence-electron chi connectivity index (χ3n) is 7.17. The van der Waals surface area contributed by atoms with Gasteiger partial charge < -0.3 is 10.2 Å². The summed E-state index contributed by atoms with van der Waals surface area (Å²) < 4.78 is 0. The van der Waals surface area contributed by atoms with Crippen molar-refractivity contribution < 1.29 is 14.8 Å². The molecule has 2 atom stereocenters. The lowest BCUT2D eigenvalue weighted by Crippen LogP contribution is -2.59. The van der Waals surface area contributed by atoms with Crippen LogP contribution in [0.15, 0.2) is 35.7 Å². The number of aromatic nitrogens is 1. The van der Waals surface area contributed by atoms with Crippen molar-refractivity contribution in [2.24, 2.45) is 11.3 Å². The van der Waals surface area contributed by atoms with Gasteiger partial charge in [-0.2, -0.15) is 0 Å². The minimum Gasteiger partial charge on any atom is -0.341 e. The zero-order valence-corrected chi connectivity index (χ0v) is 18.2. The maximum atomic E-state index is 13.2. The van der Waals surface area contributed by atoms with Crippen LogP contribution in [-0.4, -0.2) is 52.6 Å². The molecule has 2 aromatic rings. The quantitative estimate of drug-likeness (QED) is 0.502. The number of hydrogen-bond donors (Lipinski definition) is 3. The lowest BCUT2D eigenvalue weighted by molar-refractivity contribution is -0.145. The predicted octanol–water partition coefficient (Wildman–Crippen LogP) is 2.78. The normalized spacial score (nSPS) is 25.4. The lowest BCUT2D eigenvalue weighted by atomic mass is 9.81. The van der Waals surface area contributed by atoms with E-state index in [1.54, 1.807) is 16.8 Å². The van der Waals surface area contributed by atoms with E-state index in [0.717, 1.165) is 48.5 Å². The maximum absolute atomic E-state index is 13.2. The van der Waals surface area contributed by atoms with Gasteiger partial charge in [-0.1, -0.05) is 30.3 Å². The predicted molar refractivity (Wildman–Crippen MR) is 118 cm³/mol. The molecular formula is C23H28N4O3S. The average molecular weight is 441 g/mol. The number of nitrogens with zero attached hydrogens (tertiary/aromatic N) is 2. The van der Waals surface area contributed by atoms with Crippen molar-refractivity contribution in [3.8, 4) is 11.3 Å². The summed E-state index contributed by atoms with van der Waals surface area (Å²) in [6.07, 6.45) is 4.59. The van der Waals surface area contributed by atoms with Gasteiger partial charge in [0.05, 0.1) is 22.7 Å². The highest BCUT2D eigenvalue weighted by Crippen LogP contribution is 2.52. The van der Waals surface area contributed by atoms with Crippen molar-refractivity contribution in [3.05, 3.63) is 40.7 Å². The number of nitrogens with one attached hydrogen (secondary N) is 2. The Hall–Kier alpha value is -2.29. The first kappa shape index (κ1) is 20.6. The molecule has 2 unspecified atom stereocenters. The Morgan fingerprint density at radius 1 is 1.19 bits per heavy atom. The van der Waals surface area contributed by atoms with E-state index >= 15 is 0 Å². The fourth-order valence-corrected chi connectivity index (χ4v) is 6.03. The van der Waals surface area contributed by atoms with Gasteiger partial charge in [-0.3, -0.25) is 14.8 Å². The van der Waals surface area contributed by atoms with Crippen LogP contribution in [0.5, 0.6) is 0 Å². The molecule has 3 N–H and O–H groups in total. The third-order valence-corrected chi connectivity index (χ3v) is 8.18. The molecular weight excluding hydrogens is 412 g/mol. The first-order valence-electron chi connectivity index (χ1n) is 11.1. The minimum absolute atomic E-state index is 0.0216. The number of thiazole rings is 1. The Labute approximate surface area is 185 Å². The molecule has 1 aromatic carbocycles. The van der Waals surface area contributed by atoms with Crippen molar-refractivity contribution in [2.75, 3.05) is 19.6 Å². The van der Waals surface area contributed by atoms with E-state index in [2.05, 4.69) is 22.8 Å². The van der Waals surface area contributed by atoms with Crippen LogP contribution in [0, 0.1) is 11.3 Å². The van der Waals surface area contributed by atoms with Crippen molar-refractivity contribution >= 4 is 23.2 Å². The number of amides is 2. The summed E-state index contributed by atoms with van der Waals surface area (Å²) in [5.41, 5.74) is 4.06. The largest absolute Gasteiger partial charge is 0.341 e. The molecule has 2 amide bonds. The monoisotopic (exact) mass is 440 g/mol. The van der Waals surface area contributed by atoms with Gasteiger partial charge in [0.1, 0.15) is 0 Å². The molecule has 2 aliphatic heterocycles. The fourth-order valence-electron chi connectivity index (χ4n) is 5.03. The summed E-state index contributed by atoms with van der Waals surface area (Å²) in [6.45, 7) is 2.11. The molecule has 8 heteroatoms. The number of hydrogen-bond acceptors (Lipinski definition) is 6. The van der Waals surface area contributed by atoms with Gasteiger partial charge in [0.25, 0.3) is 0 Å². The van der Waals surface area contributed by atoms with E-state index in [4.69, 9.17) is 4.98 Å². The van der Waals surface area contributed by atoms with Crippen LogP contribution < -0.4 is 10.8 Å². The van der Waals surface area contributed by atoms with Crippen molar-refractivity contribution in [1.29, 1.82) is 0 Å². The van der Waals surface area contributed by atoms with Crippen LogP contribution in [0.1, 0.15) is 43.0 Å². The van der Waals surface area contributed by atoms with E-state index in [-0.39, 0.29) is 11.3 Å². The lowest BCUT2D eigenvalue weighted by Gasteiger charge is -2.39. The summed E-state index contributed by atoms with van der Waals surface area (Å²) in [6, 6.07) is 9.63. The van der Waals surface area contributed by atoms with E-state index in [1.165, 1.54) is 0 Å². The highest BCUT2D eigenvalue weighted by molar-refractivity contribution is 7.10. The number of piperidine rings is 2. The average Bonchev–Trinajstić information content (AvgIpc) is 3.38. The number of carbonyl (C=O) groups is 2. The second-order valence-electron chi connectivity index (χ2n) is 9.18. The van der Waals surface area contributed by atoms with Crippen molar-refractivity contribution in [3.63, 3.8) is 0 Å². The van der Waals surface area contributed by atoms with E-state index < -0.39 is 17.9 Å². The summed E-state index contributed by atoms with van der Waals surface area (Å²) in [5, 5.41) is 15.7. The van der Waals surface area contributed by atoms with Gasteiger partial charge in [-0.05, 0) is 37.5 Å². The molecule has 7 nitrogen and oxygen atoms in total. The molecule has 1 spiro atoms. The van der Waals surface area contributed by atoms with Gasteiger partial charge in [0, 0.05) is 36.5 Å². The Bertz CT molecular complexity index is 951. The molecule has 3 fully saturated rings. The molecule has 0 radical (unpaired) electrons. The Morgan fingerprint density at radius 3 is 2.61 bits per heavy atom. The van der Waals surface area contributed by atoms with Gasteiger partial charge >= 0.3 is 0 Å². The molecule has 1 aromatic heterocycles. The first-order valence-corrected chi connectivity index (χ1v) is 11.9. The van der Waals surface area contributed by atoms with Gasteiger partial charge in [0.15, 0.2) is 0 Å². The van der Waals surface area contributed by atoms with E-state index in [9.17, 15) is 14.8 Å². The standard InChI is InChI=1S/C23H28N4O3S/c28-20(26-30)17-12-23(8-9-23)14-24-19(17)22(29)27-10-6-16(7-11-27)21-25-18(13-31-21)15-4-2-1-3-5-15/h1-5,13,16-17,19,24,30H,6-12,14H2,(H,26,28). The minimum atomic E-state index is -0.556. The number of benzene rings is 1. The molecule has 5 rings (SSSR count). The first-order chi connectivity index (χ1) is 15.1. The maximum Gasteiger partial charge on any atom is 0.248 e. The topological polar surface area (TPSA) is 94.6 Å². The summed E-state index contributed by atoms with van der Waals surface area (Å²) >= 11 is 1.69. The summed E-state index contributed by atoms with van der Waals surface area (Å²) in [5.74, 6) is -0.634. The summed E-state index contributed by atoms with van der Waals surface area (Å²) in [7, 11) is 0. The van der Waals surface area contributed by atoms with Crippen molar-refractivity contribution in [2.45, 2.75) is 44.1 Å². The highest BCUT2D eigenvalue weighted by atomic mass is 32.1. The van der Waals surface area contributed by atoms with Crippen molar-refractivity contribution in [1.82, 2.24) is 20.7 Å².